The molecule has 7 heteroatoms. The standard InChI is InChI=1S/C29H36N4O3/c1-4-36-26-12-8-7-11-25(26)33-27(30-24-14-13-20(2)19-23(24)29(33)35)21(3)31-15-17-32(18-16-31)28(34)22-9-5-6-10-22/h7-8,11-14,19,21-22H,4-6,9-10,15-18H2,1-3H3. The SMILES string of the molecule is CCOc1ccccc1-n1c(C(C)N2CCN(C(=O)C3CCCC3)CC2)nc2ccc(C)cc2c1=O. The van der Waals surface area contributed by atoms with Crippen molar-refractivity contribution in [2.75, 3.05) is 32.8 Å². The molecule has 0 N–H and O–H groups in total. The lowest BCUT2D eigenvalue weighted by Crippen LogP contribution is -2.51. The van der Waals surface area contributed by atoms with E-state index in [4.69, 9.17) is 9.72 Å². The van der Waals surface area contributed by atoms with Gasteiger partial charge in [0.2, 0.25) is 5.91 Å². The molecule has 1 amide bonds. The van der Waals surface area contributed by atoms with E-state index >= 15 is 0 Å². The van der Waals surface area contributed by atoms with Gasteiger partial charge < -0.3 is 9.64 Å². The molecule has 5 rings (SSSR count). The van der Waals surface area contributed by atoms with Crippen molar-refractivity contribution in [1.82, 2.24) is 19.4 Å². The summed E-state index contributed by atoms with van der Waals surface area (Å²) in [5.41, 5.74) is 2.34. The first-order chi connectivity index (χ1) is 17.5. The summed E-state index contributed by atoms with van der Waals surface area (Å²) in [4.78, 5) is 36.3. The zero-order valence-electron chi connectivity index (χ0n) is 21.6. The second kappa shape index (κ2) is 10.4. The maximum atomic E-state index is 13.9. The normalized spacial score (nSPS) is 18.0. The van der Waals surface area contributed by atoms with E-state index in [1.54, 1.807) is 4.57 Å². The van der Waals surface area contributed by atoms with Crippen LogP contribution in [0.1, 0.15) is 57.0 Å². The molecule has 0 spiro atoms. The van der Waals surface area contributed by atoms with E-state index in [-0.39, 0.29) is 17.5 Å². The topological polar surface area (TPSA) is 67.7 Å². The Labute approximate surface area is 212 Å². The minimum atomic E-state index is -0.109. The highest BCUT2D eigenvalue weighted by molar-refractivity contribution is 5.80. The molecule has 190 valence electrons. The molecular weight excluding hydrogens is 452 g/mol. The third kappa shape index (κ3) is 4.64. The Bertz CT molecular complexity index is 1300. The average molecular weight is 489 g/mol. The molecular formula is C29H36N4O3. The van der Waals surface area contributed by atoms with Crippen molar-refractivity contribution < 1.29 is 9.53 Å². The lowest BCUT2D eigenvalue weighted by Gasteiger charge is -2.39. The van der Waals surface area contributed by atoms with Crippen LogP contribution >= 0.6 is 0 Å². The fraction of sp³-hybridized carbons (Fsp3) is 0.483. The number of aromatic nitrogens is 2. The van der Waals surface area contributed by atoms with E-state index in [1.807, 2.05) is 61.2 Å². The van der Waals surface area contributed by atoms with Crippen LogP contribution in [-0.2, 0) is 4.79 Å². The van der Waals surface area contributed by atoms with Crippen LogP contribution in [0.3, 0.4) is 0 Å². The fourth-order valence-corrected chi connectivity index (χ4v) is 5.67. The van der Waals surface area contributed by atoms with Crippen LogP contribution in [0.4, 0.5) is 0 Å². The summed E-state index contributed by atoms with van der Waals surface area (Å²) in [6.45, 7) is 9.49. The van der Waals surface area contributed by atoms with Crippen LogP contribution in [-0.4, -0.2) is 58.0 Å². The summed E-state index contributed by atoms with van der Waals surface area (Å²) in [6, 6.07) is 13.4. The molecule has 2 aliphatic rings. The summed E-state index contributed by atoms with van der Waals surface area (Å²) in [7, 11) is 0. The highest BCUT2D eigenvalue weighted by Gasteiger charge is 2.32. The molecule has 3 aromatic rings. The Morgan fingerprint density at radius 3 is 2.53 bits per heavy atom. The fourth-order valence-electron chi connectivity index (χ4n) is 5.67. The molecule has 1 unspecified atom stereocenters. The molecule has 2 aromatic carbocycles. The third-order valence-corrected chi connectivity index (χ3v) is 7.71. The number of carbonyl (C=O) groups is 1. The van der Waals surface area contributed by atoms with Crippen molar-refractivity contribution in [3.05, 3.63) is 64.2 Å². The molecule has 2 fully saturated rings. The first-order valence-corrected chi connectivity index (χ1v) is 13.3. The van der Waals surface area contributed by atoms with Gasteiger partial charge in [-0.1, -0.05) is 36.6 Å². The minimum absolute atomic E-state index is 0.0900. The van der Waals surface area contributed by atoms with Gasteiger partial charge in [0.15, 0.2) is 0 Å². The number of amides is 1. The van der Waals surface area contributed by atoms with Crippen molar-refractivity contribution in [2.24, 2.45) is 5.92 Å². The van der Waals surface area contributed by atoms with E-state index in [0.29, 0.717) is 53.8 Å². The highest BCUT2D eigenvalue weighted by Crippen LogP contribution is 2.30. The number of rotatable bonds is 6. The lowest BCUT2D eigenvalue weighted by molar-refractivity contribution is -0.137. The average Bonchev–Trinajstić information content (AvgIpc) is 3.44. The van der Waals surface area contributed by atoms with Crippen molar-refractivity contribution in [3.8, 4) is 11.4 Å². The highest BCUT2D eigenvalue weighted by atomic mass is 16.5. The lowest BCUT2D eigenvalue weighted by atomic mass is 10.1. The Morgan fingerprint density at radius 1 is 1.08 bits per heavy atom. The molecule has 0 bridgehead atoms. The number of piperazine rings is 1. The Balaban J connectivity index is 1.51. The van der Waals surface area contributed by atoms with Gasteiger partial charge in [-0.2, -0.15) is 0 Å². The largest absolute Gasteiger partial charge is 0.492 e. The van der Waals surface area contributed by atoms with Gasteiger partial charge in [0.05, 0.1) is 29.2 Å². The first-order valence-electron chi connectivity index (χ1n) is 13.3. The number of ether oxygens (including phenoxy) is 1. The predicted octanol–water partition coefficient (Wildman–Crippen LogP) is 4.49. The molecule has 7 nitrogen and oxygen atoms in total. The van der Waals surface area contributed by atoms with Gasteiger partial charge in [-0.3, -0.25) is 19.1 Å². The van der Waals surface area contributed by atoms with Crippen LogP contribution < -0.4 is 10.3 Å². The maximum Gasteiger partial charge on any atom is 0.266 e. The van der Waals surface area contributed by atoms with Gasteiger partial charge in [0, 0.05) is 32.1 Å². The van der Waals surface area contributed by atoms with Crippen molar-refractivity contribution in [3.63, 3.8) is 0 Å². The van der Waals surface area contributed by atoms with Gasteiger partial charge in [-0.15, -0.1) is 0 Å². The van der Waals surface area contributed by atoms with Crippen LogP contribution in [0.25, 0.3) is 16.6 Å². The number of hydrogen-bond acceptors (Lipinski definition) is 5. The number of benzene rings is 2. The maximum absolute atomic E-state index is 13.9. The van der Waals surface area contributed by atoms with Crippen LogP contribution in [0.2, 0.25) is 0 Å². The van der Waals surface area contributed by atoms with Crippen LogP contribution in [0, 0.1) is 12.8 Å². The third-order valence-electron chi connectivity index (χ3n) is 7.71. The molecule has 1 aliphatic carbocycles. The monoisotopic (exact) mass is 488 g/mol. The zero-order valence-corrected chi connectivity index (χ0v) is 21.6. The van der Waals surface area contributed by atoms with Gasteiger partial charge in [-0.25, -0.2) is 4.98 Å². The van der Waals surface area contributed by atoms with E-state index in [2.05, 4.69) is 11.8 Å². The summed E-state index contributed by atoms with van der Waals surface area (Å²) in [5, 5.41) is 0.601. The molecule has 2 heterocycles. The number of aryl methyl sites for hydroxylation is 1. The Hall–Kier alpha value is -3.19. The Morgan fingerprint density at radius 2 is 1.81 bits per heavy atom. The van der Waals surface area contributed by atoms with E-state index in [1.165, 1.54) is 12.8 Å². The second-order valence-corrected chi connectivity index (χ2v) is 10.1. The molecule has 1 saturated carbocycles. The summed E-state index contributed by atoms with van der Waals surface area (Å²) < 4.78 is 7.64. The minimum Gasteiger partial charge on any atom is -0.492 e. The molecule has 36 heavy (non-hydrogen) atoms. The van der Waals surface area contributed by atoms with E-state index in [9.17, 15) is 9.59 Å². The molecule has 0 radical (unpaired) electrons. The van der Waals surface area contributed by atoms with Crippen molar-refractivity contribution in [2.45, 2.75) is 52.5 Å². The van der Waals surface area contributed by atoms with Crippen molar-refractivity contribution >= 4 is 16.8 Å². The van der Waals surface area contributed by atoms with Gasteiger partial charge in [0.25, 0.3) is 5.56 Å². The summed E-state index contributed by atoms with van der Waals surface area (Å²) in [6.07, 6.45) is 4.39. The predicted molar refractivity (Wildman–Crippen MR) is 142 cm³/mol. The number of carbonyl (C=O) groups excluding carboxylic acids is 1. The second-order valence-electron chi connectivity index (χ2n) is 10.1. The number of para-hydroxylation sites is 2. The smallest absolute Gasteiger partial charge is 0.266 e. The number of nitrogens with zero attached hydrogens (tertiary/aromatic N) is 4. The van der Waals surface area contributed by atoms with Gasteiger partial charge in [0.1, 0.15) is 11.6 Å². The van der Waals surface area contributed by atoms with Crippen LogP contribution in [0.5, 0.6) is 5.75 Å². The van der Waals surface area contributed by atoms with Gasteiger partial charge in [-0.05, 0) is 57.9 Å². The first kappa shape index (κ1) is 24.5. The molecule has 1 atom stereocenters. The quantitative estimate of drug-likeness (QED) is 0.512. The number of fused-ring (bicyclic) bond motifs is 1. The molecule has 1 aromatic heterocycles. The van der Waals surface area contributed by atoms with Crippen molar-refractivity contribution in [1.29, 1.82) is 0 Å². The van der Waals surface area contributed by atoms with E-state index < -0.39 is 0 Å². The Kier molecular flexibility index (Phi) is 7.10. The molecule has 1 aliphatic heterocycles. The van der Waals surface area contributed by atoms with E-state index in [0.717, 1.165) is 31.5 Å². The summed E-state index contributed by atoms with van der Waals surface area (Å²) >= 11 is 0. The van der Waals surface area contributed by atoms with Crippen LogP contribution in [0.15, 0.2) is 47.3 Å². The number of hydrogen-bond donors (Lipinski definition) is 0. The summed E-state index contributed by atoms with van der Waals surface area (Å²) in [5.74, 6) is 1.89. The zero-order chi connectivity index (χ0) is 25.2. The molecule has 1 saturated heterocycles. The van der Waals surface area contributed by atoms with Gasteiger partial charge >= 0.3 is 0 Å².